The fourth-order valence-electron chi connectivity index (χ4n) is 3.17. The summed E-state index contributed by atoms with van der Waals surface area (Å²) in [4.78, 5) is 30.9. The standard InChI is InChI=1S/C15H20N4O7S/c16-12(10-4-2-1-3-5-10)9-25-17-14(20)13-7-6-11-8-18(13)15(21)19(11)26-27(22,23)24/h1-5,11-13H,6-9,16H2,(H,17,20)(H,22,23,24)/t11-,12?,13+/m1/s1. The van der Waals surface area contributed by atoms with Crippen LogP contribution in [-0.2, 0) is 24.3 Å². The largest absolute Gasteiger partial charge is 0.418 e. The van der Waals surface area contributed by atoms with Crippen LogP contribution in [0.15, 0.2) is 30.3 Å². The van der Waals surface area contributed by atoms with Crippen molar-refractivity contribution < 1.29 is 31.7 Å². The van der Waals surface area contributed by atoms with Crippen molar-refractivity contribution in [2.45, 2.75) is 31.0 Å². The first-order valence-corrected chi connectivity index (χ1v) is 9.62. The van der Waals surface area contributed by atoms with E-state index >= 15 is 0 Å². The predicted molar refractivity (Wildman–Crippen MR) is 90.8 cm³/mol. The fraction of sp³-hybridized carbons (Fsp3) is 0.467. The van der Waals surface area contributed by atoms with Gasteiger partial charge in [-0.05, 0) is 18.4 Å². The normalized spacial score (nSPS) is 23.4. The first-order valence-electron chi connectivity index (χ1n) is 8.25. The number of carbonyl (C=O) groups is 2. The minimum Gasteiger partial charge on any atom is -0.322 e. The second-order valence-corrected chi connectivity index (χ2v) is 7.31. The number of nitrogens with zero attached hydrogens (tertiary/aromatic N) is 2. The van der Waals surface area contributed by atoms with Crippen molar-refractivity contribution in [3.63, 3.8) is 0 Å². The number of carbonyl (C=O) groups excluding carboxylic acids is 2. The summed E-state index contributed by atoms with van der Waals surface area (Å²) >= 11 is 0. The van der Waals surface area contributed by atoms with Gasteiger partial charge in [0.05, 0.1) is 18.7 Å². The summed E-state index contributed by atoms with van der Waals surface area (Å²) in [5, 5.41) is 0.578. The van der Waals surface area contributed by atoms with Crippen molar-refractivity contribution in [1.82, 2.24) is 15.4 Å². The Bertz CT molecular complexity index is 804. The number of benzene rings is 1. The van der Waals surface area contributed by atoms with Crippen molar-refractivity contribution in [3.05, 3.63) is 35.9 Å². The molecule has 2 bridgehead atoms. The zero-order valence-corrected chi connectivity index (χ0v) is 15.0. The quantitative estimate of drug-likeness (QED) is 0.418. The summed E-state index contributed by atoms with van der Waals surface area (Å²) in [5.74, 6) is -0.546. The first-order chi connectivity index (χ1) is 12.8. The van der Waals surface area contributed by atoms with Gasteiger partial charge in [-0.15, -0.1) is 4.28 Å². The van der Waals surface area contributed by atoms with E-state index in [1.54, 1.807) is 0 Å². The molecule has 2 aliphatic rings. The lowest BCUT2D eigenvalue weighted by Crippen LogP contribution is -2.50. The lowest BCUT2D eigenvalue weighted by Gasteiger charge is -2.29. The van der Waals surface area contributed by atoms with Gasteiger partial charge >= 0.3 is 16.4 Å². The highest BCUT2D eigenvalue weighted by Crippen LogP contribution is 2.30. The number of hydroxylamine groups is 3. The van der Waals surface area contributed by atoms with E-state index in [0.29, 0.717) is 17.9 Å². The van der Waals surface area contributed by atoms with Crippen LogP contribution in [0, 0.1) is 0 Å². The van der Waals surface area contributed by atoms with Gasteiger partial charge < -0.3 is 10.6 Å². The van der Waals surface area contributed by atoms with Crippen LogP contribution in [0.4, 0.5) is 4.79 Å². The van der Waals surface area contributed by atoms with Crippen molar-refractivity contribution in [3.8, 4) is 0 Å². The number of hydrogen-bond acceptors (Lipinski definition) is 7. The van der Waals surface area contributed by atoms with Crippen molar-refractivity contribution in [1.29, 1.82) is 0 Å². The van der Waals surface area contributed by atoms with E-state index < -0.39 is 40.5 Å². The van der Waals surface area contributed by atoms with E-state index in [1.165, 1.54) is 4.90 Å². The number of piperidine rings is 1. The van der Waals surface area contributed by atoms with Gasteiger partial charge in [0.25, 0.3) is 5.91 Å². The molecule has 148 valence electrons. The van der Waals surface area contributed by atoms with Gasteiger partial charge in [-0.25, -0.2) is 10.3 Å². The Morgan fingerprint density at radius 3 is 2.70 bits per heavy atom. The molecule has 12 heteroatoms. The van der Waals surface area contributed by atoms with Gasteiger partial charge in [0, 0.05) is 6.54 Å². The van der Waals surface area contributed by atoms with E-state index in [9.17, 15) is 18.0 Å². The lowest BCUT2D eigenvalue weighted by molar-refractivity contribution is -0.139. The summed E-state index contributed by atoms with van der Waals surface area (Å²) in [6.07, 6.45) is 0.626. The third-order valence-electron chi connectivity index (χ3n) is 4.46. The van der Waals surface area contributed by atoms with Crippen molar-refractivity contribution in [2.24, 2.45) is 5.73 Å². The Labute approximate surface area is 155 Å². The Balaban J connectivity index is 1.53. The third kappa shape index (κ3) is 4.54. The molecule has 3 rings (SSSR count). The molecular formula is C15H20N4O7S. The molecule has 2 aliphatic heterocycles. The second-order valence-electron chi connectivity index (χ2n) is 6.30. The van der Waals surface area contributed by atoms with Gasteiger partial charge in [-0.2, -0.15) is 13.5 Å². The van der Waals surface area contributed by atoms with Crippen LogP contribution < -0.4 is 11.2 Å². The van der Waals surface area contributed by atoms with Crippen LogP contribution in [0.1, 0.15) is 24.4 Å². The Kier molecular flexibility index (Phi) is 5.62. The molecule has 4 N–H and O–H groups in total. The zero-order chi connectivity index (χ0) is 19.6. The number of urea groups is 1. The molecular weight excluding hydrogens is 380 g/mol. The maximum Gasteiger partial charge on any atom is 0.418 e. The summed E-state index contributed by atoms with van der Waals surface area (Å²) in [6, 6.07) is 6.57. The SMILES string of the molecule is NC(CONC(=O)[C@@H]1CC[C@@H]2CN1C(=O)N2OS(=O)(=O)O)c1ccccc1. The molecule has 0 aliphatic carbocycles. The Hall–Kier alpha value is -2.25. The van der Waals surface area contributed by atoms with Crippen molar-refractivity contribution >= 4 is 22.3 Å². The molecule has 2 heterocycles. The molecule has 11 nitrogen and oxygen atoms in total. The molecule has 1 aromatic carbocycles. The van der Waals surface area contributed by atoms with Crippen LogP contribution >= 0.6 is 0 Å². The molecule has 0 radical (unpaired) electrons. The molecule has 2 fully saturated rings. The predicted octanol–water partition coefficient (Wildman–Crippen LogP) is -0.263. The van der Waals surface area contributed by atoms with E-state index in [2.05, 4.69) is 9.76 Å². The molecule has 27 heavy (non-hydrogen) atoms. The average molecular weight is 400 g/mol. The van der Waals surface area contributed by atoms with Crippen LogP contribution in [0.2, 0.25) is 0 Å². The van der Waals surface area contributed by atoms with Gasteiger partial charge in [0.15, 0.2) is 0 Å². The number of nitrogens with one attached hydrogen (secondary N) is 1. The monoisotopic (exact) mass is 400 g/mol. The molecule has 1 unspecified atom stereocenters. The number of amides is 3. The average Bonchev–Trinajstić information content (AvgIpc) is 2.86. The van der Waals surface area contributed by atoms with E-state index in [0.717, 1.165) is 5.56 Å². The summed E-state index contributed by atoms with van der Waals surface area (Å²) < 4.78 is 34.8. The summed E-state index contributed by atoms with van der Waals surface area (Å²) in [7, 11) is -4.83. The Morgan fingerprint density at radius 1 is 1.33 bits per heavy atom. The summed E-state index contributed by atoms with van der Waals surface area (Å²) in [5.41, 5.74) is 9.10. The molecule has 1 aromatic rings. The zero-order valence-electron chi connectivity index (χ0n) is 14.2. The number of rotatable bonds is 7. The van der Waals surface area contributed by atoms with Crippen molar-refractivity contribution in [2.75, 3.05) is 13.2 Å². The van der Waals surface area contributed by atoms with Crippen LogP contribution in [0.5, 0.6) is 0 Å². The second kappa shape index (κ2) is 7.78. The van der Waals surface area contributed by atoms with E-state index in [1.807, 2.05) is 30.3 Å². The van der Waals surface area contributed by atoms with Crippen LogP contribution in [-0.4, -0.2) is 60.1 Å². The van der Waals surface area contributed by atoms with E-state index in [-0.39, 0.29) is 13.2 Å². The topological polar surface area (TPSA) is 151 Å². The highest BCUT2D eigenvalue weighted by atomic mass is 32.3. The fourth-order valence-corrected chi connectivity index (χ4v) is 3.56. The van der Waals surface area contributed by atoms with E-state index in [4.69, 9.17) is 15.1 Å². The van der Waals surface area contributed by atoms with Crippen LogP contribution in [0.3, 0.4) is 0 Å². The van der Waals surface area contributed by atoms with Gasteiger partial charge in [0.2, 0.25) is 0 Å². The number of nitrogens with two attached hydrogens (primary N) is 1. The highest BCUT2D eigenvalue weighted by Gasteiger charge is 2.49. The number of fused-ring (bicyclic) bond motifs is 2. The maximum atomic E-state index is 12.3. The molecule has 3 atom stereocenters. The smallest absolute Gasteiger partial charge is 0.322 e. The minimum absolute atomic E-state index is 0.0387. The molecule has 2 saturated heterocycles. The molecule has 0 aromatic heterocycles. The molecule has 0 saturated carbocycles. The maximum absolute atomic E-state index is 12.3. The highest BCUT2D eigenvalue weighted by molar-refractivity contribution is 7.80. The minimum atomic E-state index is -4.83. The van der Waals surface area contributed by atoms with Gasteiger partial charge in [-0.3, -0.25) is 14.2 Å². The third-order valence-corrected chi connectivity index (χ3v) is 4.81. The van der Waals surface area contributed by atoms with Crippen LogP contribution in [0.25, 0.3) is 0 Å². The van der Waals surface area contributed by atoms with Gasteiger partial charge in [0.1, 0.15) is 6.04 Å². The molecule has 0 spiro atoms. The Morgan fingerprint density at radius 2 is 2.04 bits per heavy atom. The lowest BCUT2D eigenvalue weighted by atomic mass is 10.0. The van der Waals surface area contributed by atoms with Gasteiger partial charge in [-0.1, -0.05) is 30.3 Å². The first kappa shape index (κ1) is 19.5. The molecule has 3 amide bonds. The number of hydrogen-bond donors (Lipinski definition) is 3. The summed E-state index contributed by atoms with van der Waals surface area (Å²) in [6.45, 7) is 0.146.